The minimum atomic E-state index is -0.841. The number of rotatable bonds is 8. The summed E-state index contributed by atoms with van der Waals surface area (Å²) in [5.74, 6) is -1.84. The number of aliphatic hydroxyl groups excluding tert-OH is 1. The summed E-state index contributed by atoms with van der Waals surface area (Å²) in [6.45, 7) is 1.86. The Morgan fingerprint density at radius 1 is 1.03 bits per heavy atom. The van der Waals surface area contributed by atoms with Gasteiger partial charge < -0.3 is 9.84 Å². The normalized spacial score (nSPS) is 11.3. The molecule has 11 heteroatoms. The Morgan fingerprint density at radius 3 is 2.32 bits per heavy atom. The Bertz CT molecular complexity index is 1440. The quantitative estimate of drug-likeness (QED) is 0.408. The molecule has 4 rings (SSSR count). The number of aryl methyl sites for hydroxylation is 1. The highest BCUT2D eigenvalue weighted by molar-refractivity contribution is 6.30. The van der Waals surface area contributed by atoms with Gasteiger partial charge in [-0.3, -0.25) is 18.5 Å². The van der Waals surface area contributed by atoms with E-state index in [9.17, 15) is 23.5 Å². The molecule has 0 unspecified atom stereocenters. The van der Waals surface area contributed by atoms with Gasteiger partial charge in [0.25, 0.3) is 5.56 Å². The minimum absolute atomic E-state index is 0.0154. The van der Waals surface area contributed by atoms with E-state index in [2.05, 4.69) is 4.98 Å². The molecule has 0 atom stereocenters. The number of benzene rings is 2. The zero-order valence-corrected chi connectivity index (χ0v) is 18.9. The molecule has 0 radical (unpaired) electrons. The van der Waals surface area contributed by atoms with Gasteiger partial charge in [0.2, 0.25) is 0 Å². The van der Waals surface area contributed by atoms with Crippen LogP contribution in [-0.4, -0.2) is 30.4 Å². The Balaban J connectivity index is 1.97. The molecule has 34 heavy (non-hydrogen) atoms. The van der Waals surface area contributed by atoms with Crippen molar-refractivity contribution in [3.8, 4) is 11.8 Å². The number of aliphatic hydroxyl groups is 1. The topological polar surface area (TPSA) is 91.3 Å². The maximum Gasteiger partial charge on any atom is 0.332 e. The van der Waals surface area contributed by atoms with Gasteiger partial charge >= 0.3 is 11.7 Å². The third kappa shape index (κ3) is 4.59. The number of imidazole rings is 1. The smallest absolute Gasteiger partial charge is 0.332 e. The van der Waals surface area contributed by atoms with Gasteiger partial charge in [-0.05, 0) is 31.0 Å². The average Bonchev–Trinajstić information content (AvgIpc) is 3.12. The van der Waals surface area contributed by atoms with Gasteiger partial charge in [0.15, 0.2) is 11.2 Å². The monoisotopic (exact) mass is 490 g/mol. The summed E-state index contributed by atoms with van der Waals surface area (Å²) in [6.07, 6.45) is 0.210. The van der Waals surface area contributed by atoms with Crippen LogP contribution in [-0.2, 0) is 19.6 Å². The molecule has 0 saturated carbocycles. The first-order valence-corrected chi connectivity index (χ1v) is 10.9. The van der Waals surface area contributed by atoms with Gasteiger partial charge in [0, 0.05) is 42.9 Å². The molecule has 2 aromatic heterocycles. The Labute approximate surface area is 197 Å². The van der Waals surface area contributed by atoms with Crippen molar-refractivity contribution in [2.75, 3.05) is 6.61 Å². The highest BCUT2D eigenvalue weighted by atomic mass is 35.5. The molecule has 0 spiro atoms. The molecule has 0 aliphatic carbocycles. The van der Waals surface area contributed by atoms with Crippen LogP contribution in [0.4, 0.5) is 8.78 Å². The Hall–Kier alpha value is -3.50. The first-order valence-electron chi connectivity index (χ1n) is 10.6. The lowest BCUT2D eigenvalue weighted by Crippen LogP contribution is -2.40. The van der Waals surface area contributed by atoms with Crippen molar-refractivity contribution >= 4 is 22.8 Å². The van der Waals surface area contributed by atoms with Crippen LogP contribution in [0.5, 0.6) is 11.8 Å². The number of hydrogen-bond acceptors (Lipinski definition) is 5. The van der Waals surface area contributed by atoms with Crippen LogP contribution in [0, 0.1) is 11.6 Å². The number of ether oxygens (including phenoxy) is 1. The third-order valence-corrected chi connectivity index (χ3v) is 5.49. The molecular formula is C23H21ClF2N4O4. The van der Waals surface area contributed by atoms with E-state index in [-0.39, 0.29) is 55.6 Å². The third-order valence-electron chi connectivity index (χ3n) is 5.23. The van der Waals surface area contributed by atoms with Crippen molar-refractivity contribution in [3.63, 3.8) is 0 Å². The fourth-order valence-electron chi connectivity index (χ4n) is 3.67. The standard InChI is InChI=1S/C23H21ClF2N4O4/c1-2-28-20-19(21(32)29(23(28)33)8-3-9-31)30(13-14-4-6-15(24)7-5-14)22(27-20)34-18-11-16(25)10-17(26)12-18/h4-7,10-12,31H,2-3,8-9,13H2,1H3. The summed E-state index contributed by atoms with van der Waals surface area (Å²) in [6, 6.07) is 9.43. The molecule has 0 aliphatic rings. The van der Waals surface area contributed by atoms with Crippen LogP contribution in [0.3, 0.4) is 0 Å². The van der Waals surface area contributed by atoms with Gasteiger partial charge in [-0.25, -0.2) is 13.6 Å². The van der Waals surface area contributed by atoms with Gasteiger partial charge in [-0.2, -0.15) is 4.98 Å². The zero-order chi connectivity index (χ0) is 24.4. The van der Waals surface area contributed by atoms with Crippen LogP contribution in [0.25, 0.3) is 11.2 Å². The van der Waals surface area contributed by atoms with Crippen molar-refractivity contribution in [3.05, 3.63) is 85.5 Å². The maximum atomic E-state index is 13.7. The zero-order valence-electron chi connectivity index (χ0n) is 18.2. The Kier molecular flexibility index (Phi) is 6.80. The van der Waals surface area contributed by atoms with Gasteiger partial charge in [-0.1, -0.05) is 23.7 Å². The lowest BCUT2D eigenvalue weighted by molar-refractivity contribution is 0.277. The molecular weight excluding hydrogens is 470 g/mol. The largest absolute Gasteiger partial charge is 0.425 e. The lowest BCUT2D eigenvalue weighted by atomic mass is 10.2. The van der Waals surface area contributed by atoms with Crippen molar-refractivity contribution in [1.82, 2.24) is 18.7 Å². The van der Waals surface area contributed by atoms with E-state index in [1.807, 2.05) is 0 Å². The van der Waals surface area contributed by atoms with E-state index >= 15 is 0 Å². The number of aromatic nitrogens is 4. The molecule has 4 aromatic rings. The van der Waals surface area contributed by atoms with E-state index in [1.165, 1.54) is 9.13 Å². The second-order valence-electron chi connectivity index (χ2n) is 7.55. The highest BCUT2D eigenvalue weighted by Gasteiger charge is 2.23. The van der Waals surface area contributed by atoms with Crippen molar-refractivity contribution < 1.29 is 18.6 Å². The average molecular weight is 491 g/mol. The maximum absolute atomic E-state index is 13.7. The summed E-state index contributed by atoms with van der Waals surface area (Å²) in [7, 11) is 0. The number of fused-ring (bicyclic) bond motifs is 1. The molecule has 0 amide bonds. The minimum Gasteiger partial charge on any atom is -0.425 e. The van der Waals surface area contributed by atoms with E-state index in [0.717, 1.165) is 22.3 Å². The number of hydrogen-bond donors (Lipinski definition) is 1. The summed E-state index contributed by atoms with van der Waals surface area (Å²) in [4.78, 5) is 30.7. The molecule has 178 valence electrons. The van der Waals surface area contributed by atoms with Crippen molar-refractivity contribution in [1.29, 1.82) is 0 Å². The fourth-order valence-corrected chi connectivity index (χ4v) is 3.80. The van der Waals surface area contributed by atoms with Crippen LogP contribution in [0.1, 0.15) is 18.9 Å². The highest BCUT2D eigenvalue weighted by Crippen LogP contribution is 2.27. The summed E-state index contributed by atoms with van der Waals surface area (Å²) >= 11 is 5.98. The SMILES string of the molecule is CCn1c(=O)n(CCCO)c(=O)c2c1nc(Oc1cc(F)cc(F)c1)n2Cc1ccc(Cl)cc1. The molecule has 2 aromatic carbocycles. The predicted octanol–water partition coefficient (Wildman–Crippen LogP) is 3.53. The Morgan fingerprint density at radius 2 is 1.71 bits per heavy atom. The molecule has 0 bridgehead atoms. The molecule has 2 heterocycles. The molecule has 0 aliphatic heterocycles. The number of halogens is 3. The van der Waals surface area contributed by atoms with E-state index in [4.69, 9.17) is 16.3 Å². The second-order valence-corrected chi connectivity index (χ2v) is 7.98. The predicted molar refractivity (Wildman–Crippen MR) is 123 cm³/mol. The van der Waals surface area contributed by atoms with Gasteiger partial charge in [-0.15, -0.1) is 0 Å². The van der Waals surface area contributed by atoms with Crippen LogP contribution < -0.4 is 16.0 Å². The van der Waals surface area contributed by atoms with Crippen molar-refractivity contribution in [2.45, 2.75) is 33.0 Å². The lowest BCUT2D eigenvalue weighted by Gasteiger charge is -2.12. The van der Waals surface area contributed by atoms with Gasteiger partial charge in [0.1, 0.15) is 17.4 Å². The van der Waals surface area contributed by atoms with E-state index in [1.54, 1.807) is 31.2 Å². The first kappa shape index (κ1) is 23.7. The van der Waals surface area contributed by atoms with E-state index in [0.29, 0.717) is 11.1 Å². The molecule has 8 nitrogen and oxygen atoms in total. The van der Waals surface area contributed by atoms with Crippen LogP contribution in [0.2, 0.25) is 5.02 Å². The molecule has 1 N–H and O–H groups in total. The molecule has 0 saturated heterocycles. The summed E-state index contributed by atoms with van der Waals surface area (Å²) < 4.78 is 37.0. The summed E-state index contributed by atoms with van der Waals surface area (Å²) in [5, 5.41) is 9.73. The fraction of sp³-hybridized carbons (Fsp3) is 0.261. The van der Waals surface area contributed by atoms with E-state index < -0.39 is 22.9 Å². The summed E-state index contributed by atoms with van der Waals surface area (Å²) in [5.41, 5.74) is -0.276. The van der Waals surface area contributed by atoms with Crippen LogP contribution in [0.15, 0.2) is 52.1 Å². The van der Waals surface area contributed by atoms with Gasteiger partial charge in [0.05, 0.1) is 6.54 Å². The molecule has 0 fully saturated rings. The van der Waals surface area contributed by atoms with Crippen LogP contribution >= 0.6 is 11.6 Å². The first-order chi connectivity index (χ1) is 16.3. The number of nitrogens with zero attached hydrogens (tertiary/aromatic N) is 4. The second kappa shape index (κ2) is 9.78. The van der Waals surface area contributed by atoms with Crippen molar-refractivity contribution in [2.24, 2.45) is 0 Å².